The van der Waals surface area contributed by atoms with Gasteiger partial charge in [-0.1, -0.05) is 30.3 Å². The fourth-order valence-electron chi connectivity index (χ4n) is 3.51. The zero-order valence-electron chi connectivity index (χ0n) is 16.7. The van der Waals surface area contributed by atoms with E-state index in [2.05, 4.69) is 47.5 Å². The number of carbonyl (C=O) groups excluding carboxylic acids is 1. The number of hydrogen-bond acceptors (Lipinski definition) is 3. The number of benzene rings is 2. The first-order valence-corrected chi connectivity index (χ1v) is 9.79. The number of nitrogens with one attached hydrogen (secondary N) is 1. The van der Waals surface area contributed by atoms with Crippen molar-refractivity contribution in [1.29, 1.82) is 0 Å². The Morgan fingerprint density at radius 2 is 1.70 bits per heavy atom. The van der Waals surface area contributed by atoms with Gasteiger partial charge in [-0.05, 0) is 80.6 Å². The maximum atomic E-state index is 12.1. The van der Waals surface area contributed by atoms with Gasteiger partial charge < -0.3 is 10.1 Å². The summed E-state index contributed by atoms with van der Waals surface area (Å²) >= 11 is 0. The SMILES string of the molecule is Cc1cc(C)c(C)c(OCC(=O)NCc2ccc(CN3CCCC3)cc2)c1. The lowest BCUT2D eigenvalue weighted by Crippen LogP contribution is -2.28. The van der Waals surface area contributed by atoms with Crippen LogP contribution in [0.25, 0.3) is 0 Å². The third kappa shape index (κ3) is 5.57. The van der Waals surface area contributed by atoms with Gasteiger partial charge in [0.05, 0.1) is 0 Å². The minimum Gasteiger partial charge on any atom is -0.483 e. The van der Waals surface area contributed by atoms with Gasteiger partial charge >= 0.3 is 0 Å². The first-order chi connectivity index (χ1) is 13.0. The van der Waals surface area contributed by atoms with E-state index in [0.717, 1.165) is 29.0 Å². The highest BCUT2D eigenvalue weighted by atomic mass is 16.5. The lowest BCUT2D eigenvalue weighted by atomic mass is 10.1. The third-order valence-corrected chi connectivity index (χ3v) is 5.24. The molecule has 1 aliphatic heterocycles. The minimum absolute atomic E-state index is 0.0385. The molecule has 0 aliphatic carbocycles. The molecule has 2 aromatic rings. The maximum absolute atomic E-state index is 12.1. The molecule has 144 valence electrons. The number of ether oxygens (including phenoxy) is 1. The normalized spacial score (nSPS) is 14.3. The zero-order valence-corrected chi connectivity index (χ0v) is 16.7. The monoisotopic (exact) mass is 366 g/mol. The van der Waals surface area contributed by atoms with E-state index in [9.17, 15) is 4.79 Å². The standard InChI is InChI=1S/C23H30N2O2/c1-17-12-18(2)19(3)22(13-17)27-16-23(26)24-14-20-6-8-21(9-7-20)15-25-10-4-5-11-25/h6-9,12-13H,4-5,10-11,14-16H2,1-3H3,(H,24,26). The molecule has 3 rings (SSSR count). The van der Waals surface area contributed by atoms with Crippen LogP contribution in [0.2, 0.25) is 0 Å². The summed E-state index contributed by atoms with van der Waals surface area (Å²) in [6, 6.07) is 12.6. The van der Waals surface area contributed by atoms with Crippen LogP contribution >= 0.6 is 0 Å². The van der Waals surface area contributed by atoms with Crippen LogP contribution in [-0.4, -0.2) is 30.5 Å². The van der Waals surface area contributed by atoms with Gasteiger partial charge in [-0.25, -0.2) is 0 Å². The summed E-state index contributed by atoms with van der Waals surface area (Å²) in [6.07, 6.45) is 2.63. The Hall–Kier alpha value is -2.33. The van der Waals surface area contributed by atoms with Crippen molar-refractivity contribution in [2.24, 2.45) is 0 Å². The first-order valence-electron chi connectivity index (χ1n) is 9.79. The molecule has 4 heteroatoms. The Bertz CT molecular complexity index is 778. The second kappa shape index (κ2) is 9.05. The van der Waals surface area contributed by atoms with E-state index < -0.39 is 0 Å². The van der Waals surface area contributed by atoms with E-state index in [0.29, 0.717) is 6.54 Å². The molecule has 0 radical (unpaired) electrons. The molecule has 1 fully saturated rings. The topological polar surface area (TPSA) is 41.6 Å². The van der Waals surface area contributed by atoms with Crippen molar-refractivity contribution in [3.05, 3.63) is 64.2 Å². The molecule has 0 atom stereocenters. The number of nitrogens with zero attached hydrogens (tertiary/aromatic N) is 1. The van der Waals surface area contributed by atoms with Crippen molar-refractivity contribution in [2.45, 2.75) is 46.7 Å². The van der Waals surface area contributed by atoms with Gasteiger partial charge in [0.1, 0.15) is 5.75 Å². The average molecular weight is 367 g/mol. The number of rotatable bonds is 7. The molecule has 0 bridgehead atoms. The summed E-state index contributed by atoms with van der Waals surface area (Å²) in [6.45, 7) is 10.1. The number of likely N-dealkylation sites (tertiary alicyclic amines) is 1. The Labute approximate surface area is 162 Å². The van der Waals surface area contributed by atoms with E-state index in [1.165, 1.54) is 37.1 Å². The number of amides is 1. The van der Waals surface area contributed by atoms with Gasteiger partial charge in [0.2, 0.25) is 0 Å². The van der Waals surface area contributed by atoms with Crippen LogP contribution in [0.15, 0.2) is 36.4 Å². The van der Waals surface area contributed by atoms with Crippen LogP contribution in [-0.2, 0) is 17.9 Å². The van der Waals surface area contributed by atoms with Gasteiger partial charge in [0.15, 0.2) is 6.61 Å². The highest BCUT2D eigenvalue weighted by Gasteiger charge is 2.11. The molecule has 27 heavy (non-hydrogen) atoms. The highest BCUT2D eigenvalue weighted by Crippen LogP contribution is 2.23. The van der Waals surface area contributed by atoms with E-state index >= 15 is 0 Å². The lowest BCUT2D eigenvalue weighted by molar-refractivity contribution is -0.123. The average Bonchev–Trinajstić information content (AvgIpc) is 3.16. The number of hydrogen-bond donors (Lipinski definition) is 1. The van der Waals surface area contributed by atoms with Crippen molar-refractivity contribution in [3.63, 3.8) is 0 Å². The molecule has 1 aliphatic rings. The smallest absolute Gasteiger partial charge is 0.258 e. The largest absolute Gasteiger partial charge is 0.483 e. The van der Waals surface area contributed by atoms with Crippen molar-refractivity contribution in [3.8, 4) is 5.75 Å². The van der Waals surface area contributed by atoms with Gasteiger partial charge in [-0.3, -0.25) is 9.69 Å². The van der Waals surface area contributed by atoms with Gasteiger partial charge in [0, 0.05) is 13.1 Å². The summed E-state index contributed by atoms with van der Waals surface area (Å²) in [5.74, 6) is 0.684. The Morgan fingerprint density at radius 3 is 2.41 bits per heavy atom. The molecular formula is C23H30N2O2. The van der Waals surface area contributed by atoms with Gasteiger partial charge in [-0.15, -0.1) is 0 Å². The Balaban J connectivity index is 1.45. The second-order valence-corrected chi connectivity index (χ2v) is 7.57. The maximum Gasteiger partial charge on any atom is 0.258 e. The molecule has 0 unspecified atom stereocenters. The second-order valence-electron chi connectivity index (χ2n) is 7.57. The molecule has 1 saturated heterocycles. The first kappa shape index (κ1) is 19.4. The molecular weight excluding hydrogens is 336 g/mol. The van der Waals surface area contributed by atoms with E-state index in [1.54, 1.807) is 0 Å². The van der Waals surface area contributed by atoms with Crippen LogP contribution < -0.4 is 10.1 Å². The number of carbonyl (C=O) groups is 1. The summed E-state index contributed by atoms with van der Waals surface area (Å²) in [5.41, 5.74) is 5.85. The van der Waals surface area contributed by atoms with Crippen LogP contribution in [0.1, 0.15) is 40.7 Å². The molecule has 2 aromatic carbocycles. The molecule has 0 spiro atoms. The molecule has 4 nitrogen and oxygen atoms in total. The molecule has 1 heterocycles. The summed E-state index contributed by atoms with van der Waals surface area (Å²) in [5, 5.41) is 2.94. The van der Waals surface area contributed by atoms with Crippen LogP contribution in [0.4, 0.5) is 0 Å². The Kier molecular flexibility index (Phi) is 6.51. The van der Waals surface area contributed by atoms with Crippen LogP contribution in [0.3, 0.4) is 0 Å². The molecule has 1 amide bonds. The van der Waals surface area contributed by atoms with E-state index in [4.69, 9.17) is 4.74 Å². The predicted molar refractivity (Wildman–Crippen MR) is 109 cm³/mol. The van der Waals surface area contributed by atoms with Crippen molar-refractivity contribution >= 4 is 5.91 Å². The fraction of sp³-hybridized carbons (Fsp3) is 0.435. The van der Waals surface area contributed by atoms with E-state index in [-0.39, 0.29) is 12.5 Å². The minimum atomic E-state index is -0.102. The van der Waals surface area contributed by atoms with Gasteiger partial charge in [-0.2, -0.15) is 0 Å². The van der Waals surface area contributed by atoms with Gasteiger partial charge in [0.25, 0.3) is 5.91 Å². The quantitative estimate of drug-likeness (QED) is 0.808. The summed E-state index contributed by atoms with van der Waals surface area (Å²) in [4.78, 5) is 14.6. The fourth-order valence-corrected chi connectivity index (χ4v) is 3.51. The van der Waals surface area contributed by atoms with Crippen molar-refractivity contribution < 1.29 is 9.53 Å². The molecule has 0 aromatic heterocycles. The molecule has 1 N–H and O–H groups in total. The Morgan fingerprint density at radius 1 is 1.04 bits per heavy atom. The highest BCUT2D eigenvalue weighted by molar-refractivity contribution is 5.77. The third-order valence-electron chi connectivity index (χ3n) is 5.24. The van der Waals surface area contributed by atoms with Crippen LogP contribution in [0.5, 0.6) is 5.75 Å². The predicted octanol–water partition coefficient (Wildman–Crippen LogP) is 3.90. The zero-order chi connectivity index (χ0) is 19.2. The summed E-state index contributed by atoms with van der Waals surface area (Å²) in [7, 11) is 0. The molecule has 0 saturated carbocycles. The number of aryl methyl sites for hydroxylation is 2. The summed E-state index contributed by atoms with van der Waals surface area (Å²) < 4.78 is 5.72. The van der Waals surface area contributed by atoms with Crippen LogP contribution in [0, 0.1) is 20.8 Å². The van der Waals surface area contributed by atoms with Crippen molar-refractivity contribution in [2.75, 3.05) is 19.7 Å². The van der Waals surface area contributed by atoms with Crippen molar-refractivity contribution in [1.82, 2.24) is 10.2 Å². The lowest BCUT2D eigenvalue weighted by Gasteiger charge is -2.15. The van der Waals surface area contributed by atoms with E-state index in [1.807, 2.05) is 19.9 Å².